The van der Waals surface area contributed by atoms with Gasteiger partial charge in [0.2, 0.25) is 0 Å². The molecule has 0 radical (unpaired) electrons. The van der Waals surface area contributed by atoms with Crippen molar-refractivity contribution in [2.45, 2.75) is 97.8 Å². The highest BCUT2D eigenvalue weighted by Gasteiger charge is 2.49. The Morgan fingerprint density at radius 3 is 1.74 bits per heavy atom. The maximum absolute atomic E-state index is 11.9. The highest BCUT2D eigenvalue weighted by molar-refractivity contribution is 5.84. The van der Waals surface area contributed by atoms with E-state index in [9.17, 15) is 4.79 Å². The standard InChI is InChI=1S/C18H34O/c1-4-5-6-7-8-9-10-11-12-13-14-17(19)16-15-18(16,2)3/h16H,4-15H2,1-3H3. The second-order valence-electron chi connectivity index (χ2n) is 7.14. The molecule has 0 saturated heterocycles. The molecule has 19 heavy (non-hydrogen) atoms. The first-order chi connectivity index (χ1) is 9.08. The summed E-state index contributed by atoms with van der Waals surface area (Å²) in [7, 11) is 0. The van der Waals surface area contributed by atoms with Crippen LogP contribution in [-0.2, 0) is 4.79 Å². The van der Waals surface area contributed by atoms with E-state index in [4.69, 9.17) is 0 Å². The molecule has 1 heteroatoms. The minimum absolute atomic E-state index is 0.329. The molecule has 0 aromatic heterocycles. The van der Waals surface area contributed by atoms with Crippen molar-refractivity contribution in [3.8, 4) is 0 Å². The van der Waals surface area contributed by atoms with E-state index in [0.717, 1.165) is 19.3 Å². The molecule has 0 aromatic carbocycles. The van der Waals surface area contributed by atoms with Crippen molar-refractivity contribution >= 4 is 5.78 Å². The monoisotopic (exact) mass is 266 g/mol. The molecule has 0 heterocycles. The van der Waals surface area contributed by atoms with Gasteiger partial charge in [0.15, 0.2) is 0 Å². The fourth-order valence-electron chi connectivity index (χ4n) is 2.98. The predicted octanol–water partition coefficient (Wildman–Crippen LogP) is 5.91. The molecule has 1 nitrogen and oxygen atoms in total. The number of carbonyl (C=O) groups is 1. The predicted molar refractivity (Wildman–Crippen MR) is 83.4 cm³/mol. The van der Waals surface area contributed by atoms with Crippen LogP contribution in [0.2, 0.25) is 0 Å². The number of hydrogen-bond donors (Lipinski definition) is 0. The quantitative estimate of drug-likeness (QED) is 0.401. The second kappa shape index (κ2) is 8.76. The average Bonchev–Trinajstić information content (AvgIpc) is 3.01. The summed E-state index contributed by atoms with van der Waals surface area (Å²) in [6.45, 7) is 6.70. The fraction of sp³-hybridized carbons (Fsp3) is 0.944. The van der Waals surface area contributed by atoms with Crippen molar-refractivity contribution < 1.29 is 4.79 Å². The molecule has 0 bridgehead atoms. The van der Waals surface area contributed by atoms with Gasteiger partial charge in [-0.2, -0.15) is 0 Å². The zero-order chi connectivity index (χ0) is 14.1. The largest absolute Gasteiger partial charge is 0.299 e. The van der Waals surface area contributed by atoms with Crippen molar-refractivity contribution in [3.63, 3.8) is 0 Å². The summed E-state index contributed by atoms with van der Waals surface area (Å²) in [5, 5.41) is 0. The van der Waals surface area contributed by atoms with Gasteiger partial charge in [-0.25, -0.2) is 0 Å². The van der Waals surface area contributed by atoms with Crippen molar-refractivity contribution in [1.29, 1.82) is 0 Å². The minimum Gasteiger partial charge on any atom is -0.299 e. The molecular weight excluding hydrogens is 232 g/mol. The molecule has 1 rings (SSSR count). The summed E-state index contributed by atoms with van der Waals surface area (Å²) in [5.41, 5.74) is 0.329. The number of carbonyl (C=O) groups excluding carboxylic acids is 1. The third kappa shape index (κ3) is 7.13. The van der Waals surface area contributed by atoms with E-state index in [1.54, 1.807) is 0 Å². The van der Waals surface area contributed by atoms with Crippen LogP contribution in [0.25, 0.3) is 0 Å². The summed E-state index contributed by atoms with van der Waals surface area (Å²) in [5.74, 6) is 0.927. The molecule has 0 aromatic rings. The van der Waals surface area contributed by atoms with Crippen LogP contribution in [0.1, 0.15) is 97.8 Å². The Balaban J connectivity index is 1.80. The Morgan fingerprint density at radius 1 is 0.895 bits per heavy atom. The molecule has 0 aliphatic heterocycles. The third-order valence-corrected chi connectivity index (χ3v) is 4.68. The van der Waals surface area contributed by atoms with Crippen molar-refractivity contribution in [1.82, 2.24) is 0 Å². The summed E-state index contributed by atoms with van der Waals surface area (Å²) in [4.78, 5) is 11.9. The van der Waals surface area contributed by atoms with Gasteiger partial charge in [-0.3, -0.25) is 4.79 Å². The van der Waals surface area contributed by atoms with Crippen LogP contribution in [0.3, 0.4) is 0 Å². The molecule has 0 spiro atoms. The molecule has 1 fully saturated rings. The summed E-state index contributed by atoms with van der Waals surface area (Å²) in [6.07, 6.45) is 15.4. The lowest BCUT2D eigenvalue weighted by atomic mass is 10.0. The van der Waals surface area contributed by atoms with Gasteiger partial charge in [-0.1, -0.05) is 78.6 Å². The number of Topliss-reactive ketones (excluding diaryl/α,β-unsaturated/α-hetero) is 1. The first-order valence-corrected chi connectivity index (χ1v) is 8.60. The van der Waals surface area contributed by atoms with E-state index in [-0.39, 0.29) is 0 Å². The van der Waals surface area contributed by atoms with Crippen LogP contribution in [0.15, 0.2) is 0 Å². The van der Waals surface area contributed by atoms with Crippen molar-refractivity contribution in [2.75, 3.05) is 0 Å². The molecule has 1 aliphatic carbocycles. The molecule has 0 amide bonds. The molecule has 1 unspecified atom stereocenters. The third-order valence-electron chi connectivity index (χ3n) is 4.68. The highest BCUT2D eigenvalue weighted by Crippen LogP contribution is 2.52. The van der Waals surface area contributed by atoms with Crippen LogP contribution >= 0.6 is 0 Å². The van der Waals surface area contributed by atoms with Gasteiger partial charge in [-0.05, 0) is 18.3 Å². The molecular formula is C18H34O. The van der Waals surface area contributed by atoms with E-state index in [1.807, 2.05) is 0 Å². The number of rotatable bonds is 12. The number of unbranched alkanes of at least 4 members (excludes halogenated alkanes) is 9. The zero-order valence-corrected chi connectivity index (χ0v) is 13.5. The fourth-order valence-corrected chi connectivity index (χ4v) is 2.98. The first-order valence-electron chi connectivity index (χ1n) is 8.60. The molecule has 112 valence electrons. The van der Waals surface area contributed by atoms with Gasteiger partial charge >= 0.3 is 0 Å². The van der Waals surface area contributed by atoms with Crippen molar-refractivity contribution in [3.05, 3.63) is 0 Å². The van der Waals surface area contributed by atoms with Crippen LogP contribution in [0.5, 0.6) is 0 Å². The van der Waals surface area contributed by atoms with Gasteiger partial charge < -0.3 is 0 Å². The van der Waals surface area contributed by atoms with Crippen LogP contribution in [0, 0.1) is 11.3 Å². The smallest absolute Gasteiger partial charge is 0.136 e. The minimum atomic E-state index is 0.329. The van der Waals surface area contributed by atoms with Gasteiger partial charge in [0, 0.05) is 12.3 Å². The van der Waals surface area contributed by atoms with E-state index in [1.165, 1.54) is 57.8 Å². The highest BCUT2D eigenvalue weighted by atomic mass is 16.1. The first kappa shape index (κ1) is 16.7. The molecule has 0 N–H and O–H groups in total. The maximum atomic E-state index is 11.9. The average molecular weight is 266 g/mol. The van der Waals surface area contributed by atoms with E-state index >= 15 is 0 Å². The summed E-state index contributed by atoms with van der Waals surface area (Å²) < 4.78 is 0. The lowest BCUT2D eigenvalue weighted by Gasteiger charge is -2.04. The molecule has 1 atom stereocenters. The maximum Gasteiger partial charge on any atom is 0.136 e. The van der Waals surface area contributed by atoms with Gasteiger partial charge in [0.05, 0.1) is 0 Å². The van der Waals surface area contributed by atoms with Crippen LogP contribution < -0.4 is 0 Å². The number of hydrogen-bond acceptors (Lipinski definition) is 1. The van der Waals surface area contributed by atoms with E-state index in [2.05, 4.69) is 20.8 Å². The Bertz CT molecular complexity index is 254. The van der Waals surface area contributed by atoms with Gasteiger partial charge in [0.1, 0.15) is 5.78 Å². The Kier molecular flexibility index (Phi) is 7.71. The van der Waals surface area contributed by atoms with Crippen LogP contribution in [0.4, 0.5) is 0 Å². The SMILES string of the molecule is CCCCCCCCCCCCC(=O)C1CC1(C)C. The summed E-state index contributed by atoms with van der Waals surface area (Å²) >= 11 is 0. The van der Waals surface area contributed by atoms with Crippen LogP contribution in [-0.4, -0.2) is 5.78 Å². The lowest BCUT2D eigenvalue weighted by molar-refractivity contribution is -0.121. The van der Waals surface area contributed by atoms with Crippen molar-refractivity contribution in [2.24, 2.45) is 11.3 Å². The lowest BCUT2D eigenvalue weighted by Crippen LogP contribution is -2.05. The van der Waals surface area contributed by atoms with Gasteiger partial charge in [-0.15, -0.1) is 0 Å². The second-order valence-corrected chi connectivity index (χ2v) is 7.14. The van der Waals surface area contributed by atoms with Gasteiger partial charge in [0.25, 0.3) is 0 Å². The summed E-state index contributed by atoms with van der Waals surface area (Å²) in [6, 6.07) is 0. The number of ketones is 1. The Hall–Kier alpha value is -0.330. The normalized spacial score (nSPS) is 20.5. The molecule has 1 saturated carbocycles. The van der Waals surface area contributed by atoms with E-state index in [0.29, 0.717) is 17.1 Å². The topological polar surface area (TPSA) is 17.1 Å². The Labute approximate surface area is 120 Å². The van der Waals surface area contributed by atoms with E-state index < -0.39 is 0 Å². The molecule has 1 aliphatic rings. The zero-order valence-electron chi connectivity index (χ0n) is 13.5. The Morgan fingerprint density at radius 2 is 1.32 bits per heavy atom.